The molecule has 2 fully saturated rings. The van der Waals surface area contributed by atoms with Crippen LogP contribution in [-0.4, -0.2) is 59.1 Å². The second kappa shape index (κ2) is 12.1. The molecular formula is C30H49N3O3. The highest BCUT2D eigenvalue weighted by Crippen LogP contribution is 2.39. The fraction of sp³-hybridized carbons (Fsp3) is 0.733. The zero-order valence-corrected chi connectivity index (χ0v) is 23.3. The highest BCUT2D eigenvalue weighted by Gasteiger charge is 2.42. The number of hydrogen-bond donors (Lipinski definition) is 3. The average Bonchev–Trinajstić information content (AvgIpc) is 2.79. The second-order valence-corrected chi connectivity index (χ2v) is 13.4. The molecule has 1 aliphatic carbocycles. The van der Waals surface area contributed by atoms with Crippen LogP contribution in [0.25, 0.3) is 0 Å². The van der Waals surface area contributed by atoms with Gasteiger partial charge in [-0.3, -0.25) is 14.5 Å². The topological polar surface area (TPSA) is 81.7 Å². The van der Waals surface area contributed by atoms with E-state index in [9.17, 15) is 14.7 Å². The highest BCUT2D eigenvalue weighted by molar-refractivity contribution is 5.82. The van der Waals surface area contributed by atoms with Crippen LogP contribution in [-0.2, 0) is 16.0 Å². The summed E-state index contributed by atoms with van der Waals surface area (Å²) in [5, 5.41) is 17.8. The summed E-state index contributed by atoms with van der Waals surface area (Å²) >= 11 is 0. The van der Waals surface area contributed by atoms with Gasteiger partial charge in [-0.15, -0.1) is 0 Å². The fourth-order valence-corrected chi connectivity index (χ4v) is 5.75. The van der Waals surface area contributed by atoms with Crippen LogP contribution in [0.3, 0.4) is 0 Å². The molecule has 36 heavy (non-hydrogen) atoms. The van der Waals surface area contributed by atoms with Crippen LogP contribution in [0.4, 0.5) is 0 Å². The van der Waals surface area contributed by atoms with Crippen LogP contribution in [0.2, 0.25) is 0 Å². The number of amides is 2. The molecule has 1 aliphatic heterocycles. The number of aliphatic hydroxyl groups is 1. The monoisotopic (exact) mass is 499 g/mol. The van der Waals surface area contributed by atoms with Crippen LogP contribution in [0, 0.1) is 23.2 Å². The van der Waals surface area contributed by atoms with Gasteiger partial charge in [0.15, 0.2) is 0 Å². The fourth-order valence-electron chi connectivity index (χ4n) is 5.75. The van der Waals surface area contributed by atoms with Crippen molar-refractivity contribution in [3.63, 3.8) is 0 Å². The zero-order valence-electron chi connectivity index (χ0n) is 23.3. The summed E-state index contributed by atoms with van der Waals surface area (Å²) in [4.78, 5) is 28.9. The number of nitrogens with one attached hydrogen (secondary N) is 2. The number of likely N-dealkylation sites (tertiary alicyclic amines) is 1. The normalized spacial score (nSPS) is 24.9. The van der Waals surface area contributed by atoms with Crippen LogP contribution in [0.1, 0.15) is 79.2 Å². The SMILES string of the molecule is CC(C)(C)CNC(=O)C(Cc1ccccc1)C(O)CN1CC2CCCCC2CC1C(=O)NC(C)(C)C. The Kier molecular flexibility index (Phi) is 9.62. The number of carbonyl (C=O) groups excluding carboxylic acids is 2. The van der Waals surface area contributed by atoms with Gasteiger partial charge in [-0.25, -0.2) is 0 Å². The predicted molar refractivity (Wildman–Crippen MR) is 145 cm³/mol. The molecule has 0 bridgehead atoms. The Bertz CT molecular complexity index is 858. The third-order valence-electron chi connectivity index (χ3n) is 7.62. The Morgan fingerprint density at radius 3 is 2.28 bits per heavy atom. The minimum absolute atomic E-state index is 0.0375. The zero-order chi connectivity index (χ0) is 26.5. The number of rotatable bonds is 8. The van der Waals surface area contributed by atoms with Crippen molar-refractivity contribution < 1.29 is 14.7 Å². The molecule has 202 valence electrons. The summed E-state index contributed by atoms with van der Waals surface area (Å²) in [6.45, 7) is 14.0. The molecule has 3 N–H and O–H groups in total. The maximum Gasteiger partial charge on any atom is 0.237 e. The molecule has 3 rings (SSSR count). The predicted octanol–water partition coefficient (Wildman–Crippen LogP) is 4.16. The first-order chi connectivity index (χ1) is 16.8. The molecule has 1 aromatic carbocycles. The van der Waals surface area contributed by atoms with Gasteiger partial charge in [0.1, 0.15) is 0 Å². The minimum Gasteiger partial charge on any atom is -0.391 e. The largest absolute Gasteiger partial charge is 0.391 e. The molecule has 1 saturated heterocycles. The van der Waals surface area contributed by atoms with Crippen LogP contribution in [0.15, 0.2) is 30.3 Å². The van der Waals surface area contributed by atoms with Crippen molar-refractivity contribution in [1.29, 1.82) is 0 Å². The van der Waals surface area contributed by atoms with E-state index in [1.165, 1.54) is 25.7 Å². The lowest BCUT2D eigenvalue weighted by Gasteiger charge is -2.47. The number of aliphatic hydroxyl groups excluding tert-OH is 1. The van der Waals surface area contributed by atoms with E-state index >= 15 is 0 Å². The van der Waals surface area contributed by atoms with Crippen LogP contribution >= 0.6 is 0 Å². The Hall–Kier alpha value is -1.92. The first kappa shape index (κ1) is 28.6. The molecule has 1 aromatic rings. The Balaban J connectivity index is 1.79. The summed E-state index contributed by atoms with van der Waals surface area (Å²) in [5.74, 6) is 0.468. The number of benzene rings is 1. The van der Waals surface area contributed by atoms with Crippen molar-refractivity contribution >= 4 is 11.8 Å². The molecule has 6 heteroatoms. The summed E-state index contributed by atoms with van der Waals surface area (Å²) < 4.78 is 0. The molecule has 5 atom stereocenters. The summed E-state index contributed by atoms with van der Waals surface area (Å²) in [6, 6.07) is 9.63. The third-order valence-corrected chi connectivity index (χ3v) is 7.62. The van der Waals surface area contributed by atoms with Crippen molar-refractivity contribution in [1.82, 2.24) is 15.5 Å². The summed E-state index contributed by atoms with van der Waals surface area (Å²) in [5.41, 5.74) is 0.671. The molecule has 2 amide bonds. The molecule has 1 heterocycles. The molecule has 2 aliphatic rings. The molecule has 0 spiro atoms. The molecule has 0 radical (unpaired) electrons. The molecule has 5 unspecified atom stereocenters. The van der Waals surface area contributed by atoms with Crippen LogP contribution < -0.4 is 10.6 Å². The lowest BCUT2D eigenvalue weighted by Crippen LogP contribution is -2.59. The molecule has 6 nitrogen and oxygen atoms in total. The van der Waals surface area contributed by atoms with Crippen molar-refractivity contribution in [3.05, 3.63) is 35.9 Å². The number of carbonyl (C=O) groups is 2. The van der Waals surface area contributed by atoms with Gasteiger partial charge in [-0.1, -0.05) is 70.4 Å². The van der Waals surface area contributed by atoms with E-state index < -0.39 is 12.0 Å². The average molecular weight is 500 g/mol. The van der Waals surface area contributed by atoms with E-state index in [1.807, 2.05) is 51.1 Å². The number of piperidine rings is 1. The highest BCUT2D eigenvalue weighted by atomic mass is 16.3. The van der Waals surface area contributed by atoms with Crippen molar-refractivity contribution in [2.75, 3.05) is 19.6 Å². The smallest absolute Gasteiger partial charge is 0.237 e. The van der Waals surface area contributed by atoms with Gasteiger partial charge >= 0.3 is 0 Å². The quantitative estimate of drug-likeness (QED) is 0.502. The van der Waals surface area contributed by atoms with Gasteiger partial charge in [0.2, 0.25) is 11.8 Å². The number of nitrogens with zero attached hydrogens (tertiary/aromatic N) is 1. The second-order valence-electron chi connectivity index (χ2n) is 13.4. The first-order valence-corrected chi connectivity index (χ1v) is 13.9. The summed E-state index contributed by atoms with van der Waals surface area (Å²) in [7, 11) is 0. The van der Waals surface area contributed by atoms with E-state index in [2.05, 4.69) is 36.3 Å². The molecular weight excluding hydrogens is 450 g/mol. The lowest BCUT2D eigenvalue weighted by molar-refractivity contribution is -0.134. The third kappa shape index (κ3) is 8.58. The van der Waals surface area contributed by atoms with Crippen molar-refractivity contribution in [2.24, 2.45) is 23.2 Å². The standard InChI is InChI=1S/C30H49N3O3/c1-29(2,3)20-31-27(35)24(16-21-12-8-7-9-13-21)26(34)19-33-18-23-15-11-10-14-22(23)17-25(33)28(36)32-30(4,5)6/h7-9,12-13,22-26,34H,10-11,14-20H2,1-6H3,(H,31,35)(H,32,36). The summed E-state index contributed by atoms with van der Waals surface area (Å²) in [6.07, 6.45) is 5.29. The number of fused-ring (bicyclic) bond motifs is 1. The Morgan fingerprint density at radius 2 is 1.67 bits per heavy atom. The van der Waals surface area contributed by atoms with Gasteiger partial charge in [-0.05, 0) is 62.8 Å². The van der Waals surface area contributed by atoms with Gasteiger partial charge in [0.25, 0.3) is 0 Å². The van der Waals surface area contributed by atoms with Crippen molar-refractivity contribution in [3.8, 4) is 0 Å². The van der Waals surface area contributed by atoms with Crippen molar-refractivity contribution in [2.45, 2.75) is 97.8 Å². The lowest BCUT2D eigenvalue weighted by atomic mass is 9.72. The van der Waals surface area contributed by atoms with E-state index in [-0.39, 0.29) is 28.8 Å². The van der Waals surface area contributed by atoms with Gasteiger partial charge in [-0.2, -0.15) is 0 Å². The van der Waals surface area contributed by atoms with Gasteiger partial charge < -0.3 is 15.7 Å². The molecule has 0 aromatic heterocycles. The maximum atomic E-state index is 13.4. The van der Waals surface area contributed by atoms with Crippen LogP contribution in [0.5, 0.6) is 0 Å². The van der Waals surface area contributed by atoms with Gasteiger partial charge in [0, 0.05) is 25.2 Å². The molecule has 1 saturated carbocycles. The number of hydrogen-bond acceptors (Lipinski definition) is 4. The Morgan fingerprint density at radius 1 is 1.03 bits per heavy atom. The first-order valence-electron chi connectivity index (χ1n) is 13.9. The van der Waals surface area contributed by atoms with E-state index in [4.69, 9.17) is 0 Å². The van der Waals surface area contributed by atoms with E-state index in [0.717, 1.165) is 18.5 Å². The van der Waals surface area contributed by atoms with Gasteiger partial charge in [0.05, 0.1) is 18.1 Å². The van der Waals surface area contributed by atoms with E-state index in [1.54, 1.807) is 0 Å². The number of β-amino-alcohol motifs (C(OH)–C–C–N with tert-alkyl or cyclic N) is 1. The Labute approximate surface area is 218 Å². The maximum absolute atomic E-state index is 13.4. The van der Waals surface area contributed by atoms with E-state index in [0.29, 0.717) is 31.3 Å². The minimum atomic E-state index is -0.866.